The smallest absolute Gasteiger partial charge is 0.359 e. The molecule has 1 atom stereocenters. The van der Waals surface area contributed by atoms with E-state index >= 15 is 8.78 Å². The second kappa shape index (κ2) is 12.3. The maximum Gasteiger partial charge on any atom is 0.359 e. The van der Waals surface area contributed by atoms with Gasteiger partial charge in [-0.3, -0.25) is 0 Å². The van der Waals surface area contributed by atoms with Crippen molar-refractivity contribution in [3.05, 3.63) is 35.0 Å². The average Bonchev–Trinajstić information content (AvgIpc) is 3.37. The van der Waals surface area contributed by atoms with E-state index in [-0.39, 0.29) is 17.7 Å². The van der Waals surface area contributed by atoms with E-state index in [0.717, 1.165) is 53.4 Å². The Kier molecular flexibility index (Phi) is 9.09. The van der Waals surface area contributed by atoms with E-state index in [1.807, 2.05) is 25.1 Å². The summed E-state index contributed by atoms with van der Waals surface area (Å²) < 4.78 is 56.7. The van der Waals surface area contributed by atoms with Gasteiger partial charge in [-0.25, -0.2) is 4.39 Å². The summed E-state index contributed by atoms with van der Waals surface area (Å²) in [5, 5.41) is 0.826. The lowest BCUT2D eigenvalue weighted by Gasteiger charge is -2.39. The van der Waals surface area contributed by atoms with E-state index in [0.29, 0.717) is 36.5 Å². The van der Waals surface area contributed by atoms with Gasteiger partial charge in [-0.1, -0.05) is 38.7 Å². The number of alkyl halides is 2. The molecule has 1 unspecified atom stereocenters. The molecule has 210 valence electrons. The van der Waals surface area contributed by atoms with Crippen LogP contribution in [0.4, 0.5) is 13.2 Å². The molecule has 0 radical (unpaired) electrons. The fourth-order valence-corrected chi connectivity index (χ4v) is 8.35. The van der Waals surface area contributed by atoms with E-state index in [4.69, 9.17) is 9.47 Å². The Morgan fingerprint density at radius 3 is 2.29 bits per heavy atom. The fourth-order valence-electron chi connectivity index (χ4n) is 7.19. The minimum absolute atomic E-state index is 0.260. The highest BCUT2D eigenvalue weighted by atomic mass is 32.1. The lowest BCUT2D eigenvalue weighted by molar-refractivity contribution is -0.298. The molecule has 2 aromatic rings. The number of hydrogen-bond acceptors (Lipinski definition) is 3. The zero-order chi connectivity index (χ0) is 26.7. The van der Waals surface area contributed by atoms with E-state index < -0.39 is 12.0 Å². The number of rotatable bonds is 9. The Labute approximate surface area is 230 Å². The largest absolute Gasteiger partial charge is 0.491 e. The molecular weight excluding hydrogens is 505 g/mol. The summed E-state index contributed by atoms with van der Waals surface area (Å²) in [7, 11) is 0. The highest BCUT2D eigenvalue weighted by Gasteiger charge is 2.44. The minimum Gasteiger partial charge on any atom is -0.491 e. The molecule has 0 N–H and O–H groups in total. The Morgan fingerprint density at radius 1 is 0.947 bits per heavy atom. The van der Waals surface area contributed by atoms with Gasteiger partial charge in [0.2, 0.25) is 0 Å². The van der Waals surface area contributed by atoms with Crippen molar-refractivity contribution in [3.8, 4) is 5.75 Å². The first-order valence-corrected chi connectivity index (χ1v) is 15.8. The van der Waals surface area contributed by atoms with Gasteiger partial charge < -0.3 is 9.47 Å². The van der Waals surface area contributed by atoms with Gasteiger partial charge in [-0.15, -0.1) is 11.3 Å². The topological polar surface area (TPSA) is 18.5 Å². The first-order valence-electron chi connectivity index (χ1n) is 15.0. The second-order valence-corrected chi connectivity index (χ2v) is 12.9. The lowest BCUT2D eigenvalue weighted by atomic mass is 9.70. The van der Waals surface area contributed by atoms with E-state index in [2.05, 4.69) is 6.92 Å². The number of fused-ring (bicyclic) bond motifs is 1. The van der Waals surface area contributed by atoms with Crippen LogP contribution in [0.5, 0.6) is 5.75 Å². The molecule has 0 bridgehead atoms. The van der Waals surface area contributed by atoms with Gasteiger partial charge in [-0.2, -0.15) is 8.78 Å². The molecule has 1 heterocycles. The predicted octanol–water partition coefficient (Wildman–Crippen LogP) is 10.4. The van der Waals surface area contributed by atoms with Crippen molar-refractivity contribution in [1.29, 1.82) is 0 Å². The SMILES string of the molecule is CCCC1CCC(C2CCC(OC(F)(F)C3CC=C(c4cc5ccc(OCC)c(F)c5s4)CC3)CC2)CC1. The monoisotopic (exact) mass is 548 g/mol. The Morgan fingerprint density at radius 2 is 1.66 bits per heavy atom. The third kappa shape index (κ3) is 6.27. The first kappa shape index (κ1) is 28.0. The van der Waals surface area contributed by atoms with Crippen LogP contribution >= 0.6 is 11.3 Å². The highest BCUT2D eigenvalue weighted by Crippen LogP contribution is 2.46. The van der Waals surface area contributed by atoms with Crippen LogP contribution in [0.15, 0.2) is 24.3 Å². The van der Waals surface area contributed by atoms with Crippen LogP contribution in [0.2, 0.25) is 0 Å². The van der Waals surface area contributed by atoms with E-state index in [1.165, 1.54) is 49.9 Å². The average molecular weight is 549 g/mol. The van der Waals surface area contributed by atoms with Crippen molar-refractivity contribution in [2.75, 3.05) is 6.61 Å². The molecule has 2 fully saturated rings. The van der Waals surface area contributed by atoms with Crippen LogP contribution in [0.25, 0.3) is 15.7 Å². The van der Waals surface area contributed by atoms with Gasteiger partial charge in [0.1, 0.15) is 0 Å². The lowest BCUT2D eigenvalue weighted by Crippen LogP contribution is -2.38. The molecule has 5 rings (SSSR count). The number of thiophene rings is 1. The van der Waals surface area contributed by atoms with Crippen LogP contribution in [0, 0.1) is 29.5 Å². The zero-order valence-electron chi connectivity index (χ0n) is 23.0. The molecule has 0 saturated heterocycles. The van der Waals surface area contributed by atoms with Crippen molar-refractivity contribution in [3.63, 3.8) is 0 Å². The van der Waals surface area contributed by atoms with Crippen molar-refractivity contribution in [1.82, 2.24) is 0 Å². The normalized spacial score (nSPS) is 28.9. The van der Waals surface area contributed by atoms with Crippen molar-refractivity contribution < 1.29 is 22.6 Å². The van der Waals surface area contributed by atoms with Crippen LogP contribution < -0.4 is 4.74 Å². The molecule has 3 aliphatic carbocycles. The van der Waals surface area contributed by atoms with Gasteiger partial charge in [0, 0.05) is 4.88 Å². The summed E-state index contributed by atoms with van der Waals surface area (Å²) in [5.41, 5.74) is 1.03. The summed E-state index contributed by atoms with van der Waals surface area (Å²) in [4.78, 5) is 0.956. The quantitative estimate of drug-likeness (QED) is 0.310. The van der Waals surface area contributed by atoms with E-state index in [9.17, 15) is 4.39 Å². The fraction of sp³-hybridized carbons (Fsp3) is 0.688. The van der Waals surface area contributed by atoms with Crippen LogP contribution in [0.3, 0.4) is 0 Å². The Balaban J connectivity index is 1.13. The maximum atomic E-state index is 15.2. The molecule has 0 amide bonds. The molecule has 0 aliphatic heterocycles. The molecule has 2 saturated carbocycles. The standard InChI is InChI=1S/C32H43F3O2S/c1-3-5-21-6-8-22(9-7-21)23-12-17-27(18-13-23)37-32(34,35)26-15-10-24(11-16-26)29-20-25-14-19-28(36-4-2)30(33)31(25)38-29/h10,14,19-23,26-27H,3-9,11-13,15-18H2,1-2H3. The molecule has 1 aromatic carbocycles. The highest BCUT2D eigenvalue weighted by molar-refractivity contribution is 7.20. The number of hydrogen-bond donors (Lipinski definition) is 0. The summed E-state index contributed by atoms with van der Waals surface area (Å²) in [6.07, 6.45) is 11.3. The Hall–Kier alpha value is -1.53. The summed E-state index contributed by atoms with van der Waals surface area (Å²) in [6.45, 7) is 4.51. The molecule has 6 heteroatoms. The van der Waals surface area contributed by atoms with Gasteiger partial charge in [0.25, 0.3) is 0 Å². The molecular formula is C32H43F3O2S. The van der Waals surface area contributed by atoms with E-state index in [1.54, 1.807) is 6.07 Å². The molecule has 3 aliphatic rings. The van der Waals surface area contributed by atoms with Crippen molar-refractivity contribution in [2.45, 2.75) is 110 Å². The van der Waals surface area contributed by atoms with Gasteiger partial charge in [-0.05, 0) is 112 Å². The van der Waals surface area contributed by atoms with Crippen molar-refractivity contribution in [2.24, 2.45) is 23.7 Å². The first-order chi connectivity index (χ1) is 18.4. The van der Waals surface area contributed by atoms with Crippen LogP contribution in [-0.2, 0) is 4.74 Å². The second-order valence-electron chi connectivity index (χ2n) is 11.8. The summed E-state index contributed by atoms with van der Waals surface area (Å²) in [6, 6.07) is 5.49. The molecule has 0 spiro atoms. The number of ether oxygens (including phenoxy) is 2. The zero-order valence-corrected chi connectivity index (χ0v) is 23.8. The maximum absolute atomic E-state index is 15.2. The summed E-state index contributed by atoms with van der Waals surface area (Å²) in [5.74, 6) is 1.52. The van der Waals surface area contributed by atoms with Crippen LogP contribution in [-0.4, -0.2) is 18.8 Å². The molecule has 1 aromatic heterocycles. The van der Waals surface area contributed by atoms with Gasteiger partial charge in [0.15, 0.2) is 11.6 Å². The minimum atomic E-state index is -3.10. The van der Waals surface area contributed by atoms with Crippen LogP contribution in [0.1, 0.15) is 102 Å². The predicted molar refractivity (Wildman–Crippen MR) is 150 cm³/mol. The third-order valence-electron chi connectivity index (χ3n) is 9.39. The van der Waals surface area contributed by atoms with Gasteiger partial charge in [0.05, 0.1) is 23.3 Å². The van der Waals surface area contributed by atoms with Gasteiger partial charge >= 0.3 is 6.11 Å². The molecule has 2 nitrogen and oxygen atoms in total. The molecule has 38 heavy (non-hydrogen) atoms. The number of allylic oxidation sites excluding steroid dienone is 2. The number of benzene rings is 1. The van der Waals surface area contributed by atoms with Crippen molar-refractivity contribution >= 4 is 27.0 Å². The third-order valence-corrected chi connectivity index (χ3v) is 10.6. The Bertz CT molecular complexity index is 1090. The number of halogens is 3. The summed E-state index contributed by atoms with van der Waals surface area (Å²) >= 11 is 1.38.